The van der Waals surface area contributed by atoms with E-state index in [0.29, 0.717) is 9.94 Å². The summed E-state index contributed by atoms with van der Waals surface area (Å²) in [6.07, 6.45) is 3.95. The molecule has 0 spiro atoms. The summed E-state index contributed by atoms with van der Waals surface area (Å²) < 4.78 is 4.68. The second-order valence-electron chi connectivity index (χ2n) is 3.39. The minimum atomic E-state index is -0.326. The Balaban J connectivity index is 2.46. The van der Waals surface area contributed by atoms with E-state index in [1.165, 1.54) is 7.11 Å². The van der Waals surface area contributed by atoms with Gasteiger partial charge in [0.2, 0.25) is 0 Å². The van der Waals surface area contributed by atoms with Crippen LogP contribution in [-0.4, -0.2) is 18.2 Å². The highest BCUT2D eigenvalue weighted by Crippen LogP contribution is 2.39. The largest absolute Gasteiger partial charge is 0.499 e. The van der Waals surface area contributed by atoms with Gasteiger partial charge in [0.1, 0.15) is 4.88 Å². The van der Waals surface area contributed by atoms with Crippen molar-refractivity contribution in [3.8, 4) is 5.06 Å². The number of methoxy groups -OCH3 is 1. The molecule has 0 amide bonds. The van der Waals surface area contributed by atoms with Crippen LogP contribution in [0.3, 0.4) is 0 Å². The van der Waals surface area contributed by atoms with Gasteiger partial charge in [0.15, 0.2) is 5.06 Å². The van der Waals surface area contributed by atoms with E-state index in [-0.39, 0.29) is 5.97 Å². The fraction of sp³-hybridized carbons (Fsp3) is 0.500. The second kappa shape index (κ2) is 3.61. The molecular weight excluding hydrogens is 200 g/mol. The molecule has 14 heavy (non-hydrogen) atoms. The zero-order valence-corrected chi connectivity index (χ0v) is 8.82. The van der Waals surface area contributed by atoms with Crippen molar-refractivity contribution in [2.24, 2.45) is 0 Å². The molecule has 1 aromatic heterocycles. The highest BCUT2D eigenvalue weighted by Gasteiger charge is 2.24. The number of fused-ring (bicyclic) bond motifs is 1. The lowest BCUT2D eigenvalue weighted by Gasteiger charge is -2.11. The molecular formula is C10H12O3S. The van der Waals surface area contributed by atoms with Crippen molar-refractivity contribution >= 4 is 17.3 Å². The van der Waals surface area contributed by atoms with E-state index >= 15 is 0 Å². The lowest BCUT2D eigenvalue weighted by molar-refractivity contribution is 0.0605. The Morgan fingerprint density at radius 2 is 2.00 bits per heavy atom. The van der Waals surface area contributed by atoms with Crippen molar-refractivity contribution in [2.75, 3.05) is 7.11 Å². The van der Waals surface area contributed by atoms with Gasteiger partial charge in [-0.1, -0.05) is 11.3 Å². The highest BCUT2D eigenvalue weighted by molar-refractivity contribution is 7.16. The smallest absolute Gasteiger partial charge is 0.348 e. The molecule has 0 radical (unpaired) electrons. The average molecular weight is 212 g/mol. The number of hydrogen-bond acceptors (Lipinski definition) is 4. The lowest BCUT2D eigenvalue weighted by Crippen LogP contribution is -2.06. The molecule has 0 saturated heterocycles. The second-order valence-corrected chi connectivity index (χ2v) is 4.39. The topological polar surface area (TPSA) is 46.5 Å². The molecule has 0 bridgehead atoms. The maximum absolute atomic E-state index is 11.4. The first-order valence-corrected chi connectivity index (χ1v) is 5.47. The molecule has 0 atom stereocenters. The van der Waals surface area contributed by atoms with Crippen LogP contribution in [0.4, 0.5) is 0 Å². The third kappa shape index (κ3) is 1.39. The standard InChI is InChI=1S/C10H12O3S/c1-13-9(11)8-6-4-2-3-5-7(6)10(12)14-8/h12H,2-5H2,1H3. The van der Waals surface area contributed by atoms with Gasteiger partial charge >= 0.3 is 5.97 Å². The number of rotatable bonds is 1. The first-order chi connectivity index (χ1) is 6.74. The SMILES string of the molecule is COC(=O)c1sc(O)c2c1CCCC2. The van der Waals surface area contributed by atoms with E-state index in [2.05, 4.69) is 4.74 Å². The average Bonchev–Trinajstić information content (AvgIpc) is 2.56. The Morgan fingerprint density at radius 3 is 2.64 bits per heavy atom. The molecule has 0 unspecified atom stereocenters. The molecule has 1 aliphatic carbocycles. The van der Waals surface area contributed by atoms with Gasteiger partial charge in [-0.25, -0.2) is 4.79 Å². The number of ether oxygens (including phenoxy) is 1. The Labute approximate surface area is 86.3 Å². The predicted molar refractivity (Wildman–Crippen MR) is 54.0 cm³/mol. The number of carbonyl (C=O) groups excluding carboxylic acids is 1. The molecule has 0 aromatic carbocycles. The van der Waals surface area contributed by atoms with Crippen molar-refractivity contribution in [1.82, 2.24) is 0 Å². The Hall–Kier alpha value is -1.03. The van der Waals surface area contributed by atoms with Crippen LogP contribution in [0.15, 0.2) is 0 Å². The Kier molecular flexibility index (Phi) is 2.46. The van der Waals surface area contributed by atoms with Crippen LogP contribution in [-0.2, 0) is 17.6 Å². The van der Waals surface area contributed by atoms with Crippen LogP contribution >= 0.6 is 11.3 Å². The van der Waals surface area contributed by atoms with Gasteiger partial charge in [0.05, 0.1) is 7.11 Å². The van der Waals surface area contributed by atoms with Crippen molar-refractivity contribution in [3.05, 3.63) is 16.0 Å². The number of thiophene rings is 1. The van der Waals surface area contributed by atoms with E-state index in [1.807, 2.05) is 0 Å². The van der Waals surface area contributed by atoms with Gasteiger partial charge in [-0.05, 0) is 31.2 Å². The molecule has 1 aromatic rings. The quantitative estimate of drug-likeness (QED) is 0.725. The molecule has 1 N–H and O–H groups in total. The van der Waals surface area contributed by atoms with E-state index in [1.54, 1.807) is 0 Å². The van der Waals surface area contributed by atoms with Crippen LogP contribution in [0, 0.1) is 0 Å². The van der Waals surface area contributed by atoms with Crippen molar-refractivity contribution in [1.29, 1.82) is 0 Å². The molecule has 1 aliphatic rings. The van der Waals surface area contributed by atoms with Gasteiger partial charge in [0.25, 0.3) is 0 Å². The van der Waals surface area contributed by atoms with Crippen molar-refractivity contribution in [2.45, 2.75) is 25.7 Å². The molecule has 0 aliphatic heterocycles. The van der Waals surface area contributed by atoms with Gasteiger partial charge in [-0.2, -0.15) is 0 Å². The van der Waals surface area contributed by atoms with E-state index < -0.39 is 0 Å². The van der Waals surface area contributed by atoms with Gasteiger partial charge in [0, 0.05) is 5.56 Å². The highest BCUT2D eigenvalue weighted by atomic mass is 32.1. The van der Waals surface area contributed by atoms with E-state index in [4.69, 9.17) is 0 Å². The minimum absolute atomic E-state index is 0.292. The van der Waals surface area contributed by atoms with Crippen molar-refractivity contribution in [3.63, 3.8) is 0 Å². The number of carbonyl (C=O) groups is 1. The third-order valence-electron chi connectivity index (χ3n) is 2.57. The van der Waals surface area contributed by atoms with E-state index in [0.717, 1.165) is 48.1 Å². The van der Waals surface area contributed by atoms with Crippen LogP contribution in [0.5, 0.6) is 5.06 Å². The van der Waals surface area contributed by atoms with Crippen molar-refractivity contribution < 1.29 is 14.6 Å². The zero-order chi connectivity index (χ0) is 10.1. The van der Waals surface area contributed by atoms with Gasteiger partial charge in [-0.3, -0.25) is 0 Å². The fourth-order valence-electron chi connectivity index (χ4n) is 1.87. The summed E-state index contributed by atoms with van der Waals surface area (Å²) in [6, 6.07) is 0. The van der Waals surface area contributed by atoms with Gasteiger partial charge in [-0.15, -0.1) is 0 Å². The Morgan fingerprint density at radius 1 is 1.36 bits per heavy atom. The molecule has 3 nitrogen and oxygen atoms in total. The summed E-state index contributed by atoms with van der Waals surface area (Å²) in [6.45, 7) is 0. The molecule has 1 heterocycles. The zero-order valence-electron chi connectivity index (χ0n) is 8.00. The number of esters is 1. The van der Waals surface area contributed by atoms with Gasteiger partial charge < -0.3 is 9.84 Å². The molecule has 0 saturated carbocycles. The summed E-state index contributed by atoms with van der Waals surface area (Å²) >= 11 is 1.14. The third-order valence-corrected chi connectivity index (χ3v) is 3.63. The molecule has 2 rings (SSSR count). The maximum Gasteiger partial charge on any atom is 0.348 e. The normalized spacial score (nSPS) is 14.9. The molecule has 0 fully saturated rings. The lowest BCUT2D eigenvalue weighted by atomic mass is 9.93. The van der Waals surface area contributed by atoms with Crippen LogP contribution in [0.2, 0.25) is 0 Å². The van der Waals surface area contributed by atoms with Crippen LogP contribution < -0.4 is 0 Å². The summed E-state index contributed by atoms with van der Waals surface area (Å²) in [5.74, 6) is -0.326. The first-order valence-electron chi connectivity index (χ1n) is 4.66. The summed E-state index contributed by atoms with van der Waals surface area (Å²) in [7, 11) is 1.37. The molecule has 76 valence electrons. The molecule has 4 heteroatoms. The number of aromatic hydroxyl groups is 1. The summed E-state index contributed by atoms with van der Waals surface area (Å²) in [5.41, 5.74) is 1.97. The Bertz CT molecular complexity index is 368. The van der Waals surface area contributed by atoms with Crippen LogP contribution in [0.25, 0.3) is 0 Å². The maximum atomic E-state index is 11.4. The monoisotopic (exact) mass is 212 g/mol. The summed E-state index contributed by atoms with van der Waals surface area (Å²) in [5, 5.41) is 9.92. The first kappa shape index (κ1) is 9.52. The minimum Gasteiger partial charge on any atom is -0.499 e. The van der Waals surface area contributed by atoms with E-state index in [9.17, 15) is 9.90 Å². The predicted octanol–water partition coefficient (Wildman–Crippen LogP) is 2.12. The summed E-state index contributed by atoms with van der Waals surface area (Å²) in [4.78, 5) is 12.0. The fourth-order valence-corrected chi connectivity index (χ4v) is 2.93. The van der Waals surface area contributed by atoms with Crippen LogP contribution in [0.1, 0.15) is 33.6 Å². The number of hydrogen-bond donors (Lipinski definition) is 1.